The molecule has 0 radical (unpaired) electrons. The van der Waals surface area contributed by atoms with Gasteiger partial charge in [-0.3, -0.25) is 9.89 Å². The third kappa shape index (κ3) is 9.23. The van der Waals surface area contributed by atoms with Gasteiger partial charge in [-0.2, -0.15) is 0 Å². The van der Waals surface area contributed by atoms with Gasteiger partial charge < -0.3 is 20.7 Å². The molecular weight excluding hydrogens is 453 g/mol. The Kier molecular flexibility index (Phi) is 11.2. The van der Waals surface area contributed by atoms with Gasteiger partial charge in [-0.25, -0.2) is 0 Å². The van der Waals surface area contributed by atoms with Gasteiger partial charge in [0, 0.05) is 51.4 Å². The van der Waals surface area contributed by atoms with Crippen molar-refractivity contribution in [2.24, 2.45) is 4.99 Å². The van der Waals surface area contributed by atoms with Crippen molar-refractivity contribution in [3.63, 3.8) is 0 Å². The van der Waals surface area contributed by atoms with E-state index in [1.807, 2.05) is 7.05 Å². The van der Waals surface area contributed by atoms with E-state index < -0.39 is 0 Å². The molecule has 27 heavy (non-hydrogen) atoms. The molecule has 1 heterocycles. The molecular formula is C20H36IN5O. The van der Waals surface area contributed by atoms with Crippen LogP contribution in [0, 0.1) is 0 Å². The summed E-state index contributed by atoms with van der Waals surface area (Å²) in [4.78, 5) is 6.75. The zero-order chi connectivity index (χ0) is 18.8. The number of guanidine groups is 1. The summed E-state index contributed by atoms with van der Waals surface area (Å²) in [6.07, 6.45) is 0. The number of benzene rings is 1. The van der Waals surface area contributed by atoms with E-state index in [0.29, 0.717) is 6.04 Å². The summed E-state index contributed by atoms with van der Waals surface area (Å²) in [5, 5.41) is 10.5. The fourth-order valence-electron chi connectivity index (χ4n) is 3.14. The highest BCUT2D eigenvalue weighted by Gasteiger charge is 2.21. The minimum absolute atomic E-state index is 0. The monoisotopic (exact) mass is 489 g/mol. The quantitative estimate of drug-likeness (QED) is 0.297. The Morgan fingerprint density at radius 1 is 1.19 bits per heavy atom. The van der Waals surface area contributed by atoms with E-state index in [4.69, 9.17) is 4.74 Å². The second-order valence-corrected chi connectivity index (χ2v) is 7.47. The predicted molar refractivity (Wildman–Crippen MR) is 124 cm³/mol. The number of rotatable bonds is 8. The van der Waals surface area contributed by atoms with Crippen LogP contribution in [0.25, 0.3) is 0 Å². The molecule has 1 unspecified atom stereocenters. The highest BCUT2D eigenvalue weighted by Crippen LogP contribution is 2.15. The molecule has 0 aromatic heterocycles. The van der Waals surface area contributed by atoms with Crippen molar-refractivity contribution < 1.29 is 4.74 Å². The van der Waals surface area contributed by atoms with Crippen molar-refractivity contribution in [2.45, 2.75) is 32.4 Å². The zero-order valence-electron chi connectivity index (χ0n) is 17.1. The number of morpholine rings is 1. The maximum absolute atomic E-state index is 5.38. The summed E-state index contributed by atoms with van der Waals surface area (Å²) in [7, 11) is 1.82. The molecule has 1 aliphatic heterocycles. The van der Waals surface area contributed by atoms with E-state index in [0.717, 1.165) is 51.9 Å². The first-order valence-corrected chi connectivity index (χ1v) is 9.57. The first-order valence-electron chi connectivity index (χ1n) is 9.57. The van der Waals surface area contributed by atoms with Crippen LogP contribution in [0.1, 0.15) is 32.4 Å². The lowest BCUT2D eigenvalue weighted by molar-refractivity contribution is 0.0389. The molecule has 0 amide bonds. The summed E-state index contributed by atoms with van der Waals surface area (Å²) in [6, 6.07) is 10.8. The van der Waals surface area contributed by atoms with Gasteiger partial charge in [-0.1, -0.05) is 30.3 Å². The van der Waals surface area contributed by atoms with Gasteiger partial charge in [0.1, 0.15) is 0 Å². The minimum atomic E-state index is -0.0584. The summed E-state index contributed by atoms with van der Waals surface area (Å²) >= 11 is 0. The number of halogens is 1. The summed E-state index contributed by atoms with van der Waals surface area (Å²) in [6.45, 7) is 13.0. The molecule has 0 spiro atoms. The molecule has 0 aliphatic carbocycles. The largest absolute Gasteiger partial charge is 0.379 e. The van der Waals surface area contributed by atoms with Gasteiger partial charge in [0.25, 0.3) is 0 Å². The molecule has 2 rings (SSSR count). The van der Waals surface area contributed by atoms with Crippen molar-refractivity contribution in [3.8, 4) is 0 Å². The molecule has 0 bridgehead atoms. The Morgan fingerprint density at radius 3 is 2.48 bits per heavy atom. The minimum Gasteiger partial charge on any atom is -0.379 e. The third-order valence-electron chi connectivity index (χ3n) is 4.65. The van der Waals surface area contributed by atoms with E-state index in [-0.39, 0.29) is 29.5 Å². The van der Waals surface area contributed by atoms with E-state index >= 15 is 0 Å². The predicted octanol–water partition coefficient (Wildman–Crippen LogP) is 2.23. The molecule has 1 saturated heterocycles. The standard InChI is InChI=1S/C20H35N5O.HI/c1-17(18-8-6-5-7-9-18)24-20(2,3)16-23-19(21-4)22-10-11-25-12-14-26-15-13-25;/h5-9,17,24H,10-16H2,1-4H3,(H2,21,22,23);1H. The second-order valence-electron chi connectivity index (χ2n) is 7.47. The van der Waals surface area contributed by atoms with Crippen molar-refractivity contribution in [2.75, 3.05) is 53.0 Å². The fraction of sp³-hybridized carbons (Fsp3) is 0.650. The van der Waals surface area contributed by atoms with E-state index in [9.17, 15) is 0 Å². The first kappa shape index (κ1) is 24.1. The molecule has 7 heteroatoms. The first-order chi connectivity index (χ1) is 12.5. The third-order valence-corrected chi connectivity index (χ3v) is 4.65. The maximum Gasteiger partial charge on any atom is 0.191 e. The Morgan fingerprint density at radius 2 is 1.85 bits per heavy atom. The lowest BCUT2D eigenvalue weighted by atomic mass is 10.0. The second kappa shape index (κ2) is 12.5. The van der Waals surface area contributed by atoms with Gasteiger partial charge >= 0.3 is 0 Å². The number of aliphatic imine (C=N–C) groups is 1. The number of hydrogen-bond acceptors (Lipinski definition) is 4. The average Bonchev–Trinajstić information content (AvgIpc) is 2.65. The van der Waals surface area contributed by atoms with Gasteiger partial charge in [0.15, 0.2) is 5.96 Å². The highest BCUT2D eigenvalue weighted by atomic mass is 127. The average molecular weight is 489 g/mol. The lowest BCUT2D eigenvalue weighted by Crippen LogP contribution is -2.52. The maximum atomic E-state index is 5.38. The molecule has 154 valence electrons. The van der Waals surface area contributed by atoms with Gasteiger partial charge in [-0.05, 0) is 26.3 Å². The molecule has 3 N–H and O–H groups in total. The SMILES string of the molecule is CN=C(NCCN1CCOCC1)NCC(C)(C)NC(C)c1ccccc1.I. The Bertz CT molecular complexity index is 547. The molecule has 1 aliphatic rings. The Hall–Kier alpha value is -0.900. The van der Waals surface area contributed by atoms with Crippen molar-refractivity contribution >= 4 is 29.9 Å². The molecule has 6 nitrogen and oxygen atoms in total. The van der Waals surface area contributed by atoms with Crippen LogP contribution in [-0.4, -0.2) is 69.4 Å². The summed E-state index contributed by atoms with van der Waals surface area (Å²) in [5.41, 5.74) is 1.24. The number of ether oxygens (including phenoxy) is 1. The van der Waals surface area contributed by atoms with Crippen molar-refractivity contribution in [3.05, 3.63) is 35.9 Å². The van der Waals surface area contributed by atoms with Crippen LogP contribution in [0.4, 0.5) is 0 Å². The molecule has 1 aromatic rings. The van der Waals surface area contributed by atoms with Crippen LogP contribution >= 0.6 is 24.0 Å². The van der Waals surface area contributed by atoms with Crippen molar-refractivity contribution in [1.29, 1.82) is 0 Å². The molecule has 0 saturated carbocycles. The van der Waals surface area contributed by atoms with Crippen LogP contribution in [-0.2, 0) is 4.74 Å². The van der Waals surface area contributed by atoms with Crippen LogP contribution in [0.5, 0.6) is 0 Å². The van der Waals surface area contributed by atoms with E-state index in [1.165, 1.54) is 5.56 Å². The Labute approximate surface area is 181 Å². The van der Waals surface area contributed by atoms with Crippen LogP contribution in [0.3, 0.4) is 0 Å². The highest BCUT2D eigenvalue weighted by molar-refractivity contribution is 14.0. The molecule has 1 fully saturated rings. The smallest absolute Gasteiger partial charge is 0.191 e. The van der Waals surface area contributed by atoms with Crippen LogP contribution < -0.4 is 16.0 Å². The zero-order valence-corrected chi connectivity index (χ0v) is 19.5. The van der Waals surface area contributed by atoms with Crippen LogP contribution in [0.2, 0.25) is 0 Å². The summed E-state index contributed by atoms with van der Waals surface area (Å²) in [5.74, 6) is 0.848. The molecule has 1 aromatic carbocycles. The van der Waals surface area contributed by atoms with Crippen LogP contribution in [0.15, 0.2) is 35.3 Å². The fourth-order valence-corrected chi connectivity index (χ4v) is 3.14. The van der Waals surface area contributed by atoms with Crippen molar-refractivity contribution in [1.82, 2.24) is 20.9 Å². The number of hydrogen-bond donors (Lipinski definition) is 3. The lowest BCUT2D eigenvalue weighted by Gasteiger charge is -2.31. The van der Waals surface area contributed by atoms with Gasteiger partial charge in [0.2, 0.25) is 0 Å². The number of nitrogens with one attached hydrogen (secondary N) is 3. The topological polar surface area (TPSA) is 60.9 Å². The summed E-state index contributed by atoms with van der Waals surface area (Å²) < 4.78 is 5.38. The van der Waals surface area contributed by atoms with Gasteiger partial charge in [0.05, 0.1) is 13.2 Å². The van der Waals surface area contributed by atoms with Gasteiger partial charge in [-0.15, -0.1) is 24.0 Å². The normalized spacial score (nSPS) is 17.1. The number of nitrogens with zero attached hydrogens (tertiary/aromatic N) is 2. The van der Waals surface area contributed by atoms with E-state index in [1.54, 1.807) is 0 Å². The Balaban J connectivity index is 0.00000364. The molecule has 1 atom stereocenters. The van der Waals surface area contributed by atoms with E-state index in [2.05, 4.69) is 76.9 Å².